The fraction of sp³-hybridized carbons (Fsp3) is 0.429. The molecule has 2 atom stereocenters. The summed E-state index contributed by atoms with van der Waals surface area (Å²) in [6.45, 7) is 3.48. The van der Waals surface area contributed by atoms with Gasteiger partial charge in [0.1, 0.15) is 11.3 Å². The first-order valence-corrected chi connectivity index (χ1v) is 6.56. The highest BCUT2D eigenvalue weighted by Gasteiger charge is 2.27. The van der Waals surface area contributed by atoms with Gasteiger partial charge in [-0.05, 0) is 24.5 Å². The number of hydrogen-bond donors (Lipinski definition) is 1. The number of anilines is 1. The molecule has 5 nitrogen and oxygen atoms in total. The van der Waals surface area contributed by atoms with Gasteiger partial charge in [-0.3, -0.25) is 9.20 Å². The quantitative estimate of drug-likeness (QED) is 0.827. The lowest BCUT2D eigenvalue weighted by atomic mass is 9.97. The van der Waals surface area contributed by atoms with Crippen LogP contribution in [0.5, 0.6) is 0 Å². The van der Waals surface area contributed by atoms with Crippen LogP contribution >= 0.6 is 0 Å². The second kappa shape index (κ2) is 4.66. The fourth-order valence-electron chi connectivity index (χ4n) is 2.67. The van der Waals surface area contributed by atoms with Gasteiger partial charge < -0.3 is 10.0 Å². The number of pyridine rings is 1. The Labute approximate surface area is 111 Å². The maximum Gasteiger partial charge on any atom is 0.170 e. The van der Waals surface area contributed by atoms with Crippen LogP contribution in [0.25, 0.3) is 5.65 Å². The molecular formula is C14H17N3O2. The summed E-state index contributed by atoms with van der Waals surface area (Å²) in [4.78, 5) is 18.0. The number of nitrogens with zero attached hydrogens (tertiary/aromatic N) is 3. The topological polar surface area (TPSA) is 57.8 Å². The summed E-state index contributed by atoms with van der Waals surface area (Å²) in [5, 5.41) is 9.79. The highest BCUT2D eigenvalue weighted by Crippen LogP contribution is 2.26. The second-order valence-corrected chi connectivity index (χ2v) is 5.15. The van der Waals surface area contributed by atoms with Crippen molar-refractivity contribution in [3.63, 3.8) is 0 Å². The van der Waals surface area contributed by atoms with E-state index in [1.54, 1.807) is 4.40 Å². The molecule has 2 unspecified atom stereocenters. The van der Waals surface area contributed by atoms with Crippen LogP contribution in [0.15, 0.2) is 24.4 Å². The van der Waals surface area contributed by atoms with Crippen LogP contribution in [-0.4, -0.2) is 40.0 Å². The lowest BCUT2D eigenvalue weighted by molar-refractivity contribution is 0.0968. The molecule has 0 radical (unpaired) electrons. The third-order valence-electron chi connectivity index (χ3n) is 3.82. The highest BCUT2D eigenvalue weighted by molar-refractivity contribution is 5.83. The van der Waals surface area contributed by atoms with Gasteiger partial charge in [-0.15, -0.1) is 0 Å². The van der Waals surface area contributed by atoms with E-state index >= 15 is 0 Å². The summed E-state index contributed by atoms with van der Waals surface area (Å²) in [6, 6.07) is 5.68. The Kier molecular flexibility index (Phi) is 2.98. The molecule has 1 aliphatic rings. The van der Waals surface area contributed by atoms with Gasteiger partial charge >= 0.3 is 0 Å². The van der Waals surface area contributed by atoms with Gasteiger partial charge in [0.25, 0.3) is 0 Å². The van der Waals surface area contributed by atoms with Gasteiger partial charge in [0.15, 0.2) is 12.1 Å². The number of aliphatic hydroxyl groups excluding tert-OH is 1. The Morgan fingerprint density at radius 1 is 1.47 bits per heavy atom. The predicted octanol–water partition coefficient (Wildman–Crippen LogP) is 1.35. The number of piperidine rings is 1. The summed E-state index contributed by atoms with van der Waals surface area (Å²) in [7, 11) is 0. The minimum atomic E-state index is -0.257. The van der Waals surface area contributed by atoms with Crippen molar-refractivity contribution in [2.75, 3.05) is 18.0 Å². The molecule has 0 saturated carbocycles. The molecule has 0 aromatic carbocycles. The number of carbonyl (C=O) groups excluding carboxylic acids is 1. The van der Waals surface area contributed by atoms with Crippen molar-refractivity contribution in [2.24, 2.45) is 5.92 Å². The Balaban J connectivity index is 2.02. The minimum absolute atomic E-state index is 0.193. The van der Waals surface area contributed by atoms with Gasteiger partial charge in [-0.2, -0.15) is 0 Å². The Morgan fingerprint density at radius 2 is 2.32 bits per heavy atom. The number of aldehydes is 1. The third kappa shape index (κ3) is 2.00. The third-order valence-corrected chi connectivity index (χ3v) is 3.82. The van der Waals surface area contributed by atoms with Crippen molar-refractivity contribution in [3.8, 4) is 0 Å². The van der Waals surface area contributed by atoms with Crippen LogP contribution in [0.3, 0.4) is 0 Å². The molecule has 2 aromatic rings. The summed E-state index contributed by atoms with van der Waals surface area (Å²) < 4.78 is 1.80. The molecule has 0 spiro atoms. The normalized spacial score (nSPS) is 23.8. The number of carbonyl (C=O) groups is 1. The molecule has 1 saturated heterocycles. The smallest absolute Gasteiger partial charge is 0.170 e. The van der Waals surface area contributed by atoms with Gasteiger partial charge in [-0.25, -0.2) is 4.98 Å². The maximum atomic E-state index is 11.4. The molecule has 3 heterocycles. The zero-order valence-corrected chi connectivity index (χ0v) is 10.9. The predicted molar refractivity (Wildman–Crippen MR) is 72.6 cm³/mol. The van der Waals surface area contributed by atoms with E-state index in [0.717, 1.165) is 30.8 Å². The molecule has 100 valence electrons. The van der Waals surface area contributed by atoms with Crippen LogP contribution in [0.2, 0.25) is 0 Å². The monoisotopic (exact) mass is 259 g/mol. The molecule has 0 aliphatic carbocycles. The van der Waals surface area contributed by atoms with E-state index in [-0.39, 0.29) is 12.0 Å². The second-order valence-electron chi connectivity index (χ2n) is 5.15. The first-order chi connectivity index (χ1) is 9.20. The summed E-state index contributed by atoms with van der Waals surface area (Å²) in [5.74, 6) is 0.915. The number of aromatic nitrogens is 2. The number of imidazole rings is 1. The van der Waals surface area contributed by atoms with Gasteiger partial charge in [0, 0.05) is 19.3 Å². The van der Waals surface area contributed by atoms with E-state index in [4.69, 9.17) is 0 Å². The van der Waals surface area contributed by atoms with Crippen molar-refractivity contribution in [1.82, 2.24) is 9.38 Å². The first kappa shape index (κ1) is 12.2. The number of rotatable bonds is 2. The lowest BCUT2D eigenvalue weighted by Gasteiger charge is -2.34. The van der Waals surface area contributed by atoms with Crippen LogP contribution in [0, 0.1) is 5.92 Å². The Hall–Kier alpha value is -1.88. The average molecular weight is 259 g/mol. The van der Waals surface area contributed by atoms with Crippen molar-refractivity contribution >= 4 is 17.8 Å². The lowest BCUT2D eigenvalue weighted by Crippen LogP contribution is -2.42. The number of fused-ring (bicyclic) bond motifs is 1. The molecule has 1 fully saturated rings. The molecule has 3 rings (SSSR count). The van der Waals surface area contributed by atoms with E-state index in [0.29, 0.717) is 12.1 Å². The summed E-state index contributed by atoms with van der Waals surface area (Å²) >= 11 is 0. The van der Waals surface area contributed by atoms with E-state index < -0.39 is 0 Å². The highest BCUT2D eigenvalue weighted by atomic mass is 16.3. The van der Waals surface area contributed by atoms with E-state index in [9.17, 15) is 9.90 Å². The number of aliphatic hydroxyl groups is 1. The first-order valence-electron chi connectivity index (χ1n) is 6.56. The van der Waals surface area contributed by atoms with Crippen LogP contribution in [-0.2, 0) is 0 Å². The Bertz CT molecular complexity index is 608. The van der Waals surface area contributed by atoms with Crippen molar-refractivity contribution in [1.29, 1.82) is 0 Å². The van der Waals surface area contributed by atoms with E-state index in [1.807, 2.05) is 31.3 Å². The standard InChI is InChI=1S/C14H17N3O2/c1-10-8-16(7-5-12(10)19)14-11(9-18)17-6-3-2-4-13(17)15-14/h2-4,6,9-10,12,19H,5,7-8H2,1H3. The SMILES string of the molecule is CC1CN(c2nc3ccccn3c2C=O)CCC1O. The van der Waals surface area contributed by atoms with E-state index in [1.165, 1.54) is 0 Å². The molecule has 19 heavy (non-hydrogen) atoms. The molecule has 1 aliphatic heterocycles. The van der Waals surface area contributed by atoms with Gasteiger partial charge in [0.2, 0.25) is 0 Å². The largest absolute Gasteiger partial charge is 0.393 e. The number of hydrogen-bond acceptors (Lipinski definition) is 4. The molecule has 0 bridgehead atoms. The maximum absolute atomic E-state index is 11.4. The molecule has 2 aromatic heterocycles. The van der Waals surface area contributed by atoms with Crippen molar-refractivity contribution in [2.45, 2.75) is 19.4 Å². The van der Waals surface area contributed by atoms with Crippen molar-refractivity contribution in [3.05, 3.63) is 30.1 Å². The average Bonchev–Trinajstić information content (AvgIpc) is 2.80. The molecule has 5 heteroatoms. The molecule has 1 N–H and O–H groups in total. The Morgan fingerprint density at radius 3 is 3.05 bits per heavy atom. The summed E-state index contributed by atoms with van der Waals surface area (Å²) in [6.07, 6.45) is 3.16. The minimum Gasteiger partial charge on any atom is -0.393 e. The van der Waals surface area contributed by atoms with Gasteiger partial charge in [0.05, 0.1) is 6.10 Å². The zero-order chi connectivity index (χ0) is 13.4. The van der Waals surface area contributed by atoms with Crippen LogP contribution in [0.4, 0.5) is 5.82 Å². The van der Waals surface area contributed by atoms with E-state index in [2.05, 4.69) is 9.88 Å². The van der Waals surface area contributed by atoms with Gasteiger partial charge in [-0.1, -0.05) is 13.0 Å². The summed E-state index contributed by atoms with van der Waals surface area (Å²) in [5.41, 5.74) is 1.36. The zero-order valence-electron chi connectivity index (χ0n) is 10.9. The van der Waals surface area contributed by atoms with Crippen molar-refractivity contribution < 1.29 is 9.90 Å². The molecular weight excluding hydrogens is 242 g/mol. The van der Waals surface area contributed by atoms with Crippen LogP contribution < -0.4 is 4.90 Å². The fourth-order valence-corrected chi connectivity index (χ4v) is 2.67. The molecule has 0 amide bonds. The van der Waals surface area contributed by atoms with Crippen LogP contribution in [0.1, 0.15) is 23.8 Å².